The Balaban J connectivity index is 1.39. The van der Waals surface area contributed by atoms with Crippen LogP contribution in [0, 0.1) is 0 Å². The first-order valence-electron chi connectivity index (χ1n) is 9.70. The number of hydrogen-bond acceptors (Lipinski definition) is 5. The van der Waals surface area contributed by atoms with Crippen molar-refractivity contribution in [2.24, 2.45) is 0 Å². The van der Waals surface area contributed by atoms with E-state index in [9.17, 15) is 0 Å². The fourth-order valence-electron chi connectivity index (χ4n) is 3.97. The Bertz CT molecular complexity index is 1370. The van der Waals surface area contributed by atoms with Crippen LogP contribution in [0.3, 0.4) is 0 Å². The lowest BCUT2D eigenvalue weighted by atomic mass is 10.0. The van der Waals surface area contributed by atoms with Gasteiger partial charge in [-0.1, -0.05) is 29.5 Å². The maximum Gasteiger partial charge on any atom is 0.179 e. The van der Waals surface area contributed by atoms with Crippen molar-refractivity contribution in [1.29, 1.82) is 0 Å². The summed E-state index contributed by atoms with van der Waals surface area (Å²) in [5, 5.41) is 13.2. The molecule has 0 bridgehead atoms. The van der Waals surface area contributed by atoms with Crippen LogP contribution >= 0.6 is 0 Å². The van der Waals surface area contributed by atoms with Crippen LogP contribution in [0.15, 0.2) is 66.9 Å². The standard InChI is InChI=1S/C23H18N6/c1-2-16-10-15(3-6-20(16)25-9-1)14-29-23-22(27-28-29)8-7-21(26-23)17-4-5-18-12-24-13-19(18)11-17/h1-11,24H,12-14H2. The molecule has 1 aliphatic rings. The van der Waals surface area contributed by atoms with Crippen LogP contribution in [-0.4, -0.2) is 25.0 Å². The highest BCUT2D eigenvalue weighted by molar-refractivity contribution is 5.79. The Morgan fingerprint density at radius 1 is 0.897 bits per heavy atom. The molecule has 29 heavy (non-hydrogen) atoms. The van der Waals surface area contributed by atoms with E-state index in [1.807, 2.05) is 35.1 Å². The number of nitrogens with zero attached hydrogens (tertiary/aromatic N) is 5. The van der Waals surface area contributed by atoms with Crippen LogP contribution in [0.5, 0.6) is 0 Å². The van der Waals surface area contributed by atoms with E-state index in [2.05, 4.69) is 57.0 Å². The van der Waals surface area contributed by atoms with Crippen molar-refractivity contribution in [3.8, 4) is 11.3 Å². The predicted molar refractivity (Wildman–Crippen MR) is 112 cm³/mol. The third-order valence-corrected chi connectivity index (χ3v) is 5.49. The summed E-state index contributed by atoms with van der Waals surface area (Å²) in [4.78, 5) is 9.28. The zero-order chi connectivity index (χ0) is 19.2. The Morgan fingerprint density at radius 2 is 1.83 bits per heavy atom. The molecule has 1 aliphatic heterocycles. The van der Waals surface area contributed by atoms with Crippen molar-refractivity contribution in [2.45, 2.75) is 19.6 Å². The summed E-state index contributed by atoms with van der Waals surface area (Å²) in [6.07, 6.45) is 1.81. The van der Waals surface area contributed by atoms with E-state index < -0.39 is 0 Å². The fourth-order valence-corrected chi connectivity index (χ4v) is 3.97. The van der Waals surface area contributed by atoms with E-state index in [4.69, 9.17) is 4.98 Å². The van der Waals surface area contributed by atoms with Crippen LogP contribution in [0.4, 0.5) is 0 Å². The second-order valence-corrected chi connectivity index (χ2v) is 7.40. The molecule has 6 heteroatoms. The molecular weight excluding hydrogens is 360 g/mol. The summed E-state index contributed by atoms with van der Waals surface area (Å²) in [5.41, 5.74) is 8.52. The van der Waals surface area contributed by atoms with Crippen LogP contribution in [0.2, 0.25) is 0 Å². The molecule has 4 heterocycles. The lowest BCUT2D eigenvalue weighted by Gasteiger charge is -2.06. The molecule has 0 saturated heterocycles. The third-order valence-electron chi connectivity index (χ3n) is 5.49. The van der Waals surface area contributed by atoms with Gasteiger partial charge in [-0.2, -0.15) is 0 Å². The summed E-state index contributed by atoms with van der Waals surface area (Å²) >= 11 is 0. The van der Waals surface area contributed by atoms with E-state index in [1.165, 1.54) is 11.1 Å². The largest absolute Gasteiger partial charge is 0.309 e. The van der Waals surface area contributed by atoms with Crippen LogP contribution in [-0.2, 0) is 19.6 Å². The quantitative estimate of drug-likeness (QED) is 0.519. The maximum absolute atomic E-state index is 4.89. The van der Waals surface area contributed by atoms with E-state index >= 15 is 0 Å². The zero-order valence-electron chi connectivity index (χ0n) is 15.7. The summed E-state index contributed by atoms with van der Waals surface area (Å²) in [6, 6.07) is 20.9. The van der Waals surface area contributed by atoms with Crippen molar-refractivity contribution < 1.29 is 0 Å². The molecule has 0 radical (unpaired) electrons. The van der Waals surface area contributed by atoms with Crippen molar-refractivity contribution in [3.05, 3.63) is 83.6 Å². The minimum absolute atomic E-state index is 0.617. The first-order chi connectivity index (χ1) is 14.3. The fraction of sp³-hybridized carbons (Fsp3) is 0.130. The number of rotatable bonds is 3. The molecule has 0 atom stereocenters. The predicted octanol–water partition coefficient (Wildman–Crippen LogP) is 3.69. The molecule has 0 amide bonds. The number of benzene rings is 2. The molecule has 0 aliphatic carbocycles. The van der Waals surface area contributed by atoms with Crippen molar-refractivity contribution in [3.63, 3.8) is 0 Å². The van der Waals surface area contributed by atoms with Gasteiger partial charge in [0.1, 0.15) is 5.52 Å². The summed E-state index contributed by atoms with van der Waals surface area (Å²) in [7, 11) is 0. The molecule has 0 unspecified atom stereocenters. The van der Waals surface area contributed by atoms with Gasteiger partial charge >= 0.3 is 0 Å². The number of nitrogens with one attached hydrogen (secondary N) is 1. The van der Waals surface area contributed by atoms with Crippen LogP contribution in [0.1, 0.15) is 16.7 Å². The summed E-state index contributed by atoms with van der Waals surface area (Å²) in [6.45, 7) is 2.48. The van der Waals surface area contributed by atoms with Gasteiger partial charge in [0.05, 0.1) is 17.8 Å². The third kappa shape index (κ3) is 2.85. The van der Waals surface area contributed by atoms with Crippen molar-refractivity contribution in [1.82, 2.24) is 30.3 Å². The lowest BCUT2D eigenvalue weighted by Crippen LogP contribution is -2.03. The molecular formula is C23H18N6. The summed E-state index contributed by atoms with van der Waals surface area (Å²) < 4.78 is 1.87. The highest BCUT2D eigenvalue weighted by Crippen LogP contribution is 2.25. The van der Waals surface area contributed by atoms with Gasteiger partial charge in [-0.25, -0.2) is 9.67 Å². The van der Waals surface area contributed by atoms with Gasteiger partial charge in [0, 0.05) is 30.2 Å². The molecule has 0 saturated carbocycles. The molecule has 0 fully saturated rings. The zero-order valence-corrected chi connectivity index (χ0v) is 15.7. The van der Waals surface area contributed by atoms with E-state index in [0.717, 1.165) is 52.0 Å². The van der Waals surface area contributed by atoms with E-state index in [-0.39, 0.29) is 0 Å². The van der Waals surface area contributed by atoms with Gasteiger partial charge in [-0.3, -0.25) is 4.98 Å². The van der Waals surface area contributed by atoms with Gasteiger partial charge in [0.2, 0.25) is 0 Å². The first kappa shape index (κ1) is 16.3. The molecule has 6 nitrogen and oxygen atoms in total. The van der Waals surface area contributed by atoms with Crippen molar-refractivity contribution in [2.75, 3.05) is 0 Å². The monoisotopic (exact) mass is 378 g/mol. The molecule has 2 aromatic carbocycles. The second-order valence-electron chi connectivity index (χ2n) is 7.40. The van der Waals surface area contributed by atoms with Crippen molar-refractivity contribution >= 4 is 22.1 Å². The molecule has 0 spiro atoms. The Labute approximate surface area is 167 Å². The second kappa shape index (κ2) is 6.46. The number of hydrogen-bond donors (Lipinski definition) is 1. The van der Waals surface area contributed by atoms with Gasteiger partial charge in [-0.05, 0) is 53.1 Å². The highest BCUT2D eigenvalue weighted by atomic mass is 15.4. The smallest absolute Gasteiger partial charge is 0.179 e. The molecule has 140 valence electrons. The summed E-state index contributed by atoms with van der Waals surface area (Å²) in [5.74, 6) is 0. The normalized spacial score (nSPS) is 13.2. The van der Waals surface area contributed by atoms with E-state index in [0.29, 0.717) is 6.54 Å². The van der Waals surface area contributed by atoms with Gasteiger partial charge < -0.3 is 5.32 Å². The lowest BCUT2D eigenvalue weighted by molar-refractivity contribution is 0.665. The minimum atomic E-state index is 0.617. The molecule has 3 aromatic heterocycles. The SMILES string of the molecule is c1cnc2ccc(Cn3nnc4ccc(-c5ccc6c(c5)CNC6)nc43)cc2c1. The van der Waals surface area contributed by atoms with Gasteiger partial charge in [-0.15, -0.1) is 5.10 Å². The maximum atomic E-state index is 4.89. The average Bonchev–Trinajstić information content (AvgIpc) is 3.40. The Hall–Kier alpha value is -3.64. The average molecular weight is 378 g/mol. The van der Waals surface area contributed by atoms with E-state index in [1.54, 1.807) is 0 Å². The number of aromatic nitrogens is 5. The van der Waals surface area contributed by atoms with Gasteiger partial charge in [0.25, 0.3) is 0 Å². The van der Waals surface area contributed by atoms with Crippen LogP contribution < -0.4 is 5.32 Å². The topological polar surface area (TPSA) is 68.5 Å². The van der Waals surface area contributed by atoms with Gasteiger partial charge in [0.15, 0.2) is 5.65 Å². The Kier molecular flexibility index (Phi) is 3.64. The molecule has 6 rings (SSSR count). The number of pyridine rings is 2. The highest BCUT2D eigenvalue weighted by Gasteiger charge is 2.13. The van der Waals surface area contributed by atoms with Crippen LogP contribution in [0.25, 0.3) is 33.3 Å². The molecule has 1 N–H and O–H groups in total. The Morgan fingerprint density at radius 3 is 2.83 bits per heavy atom. The first-order valence-corrected chi connectivity index (χ1v) is 9.70. The molecule has 5 aromatic rings. The minimum Gasteiger partial charge on any atom is -0.309 e. The number of fused-ring (bicyclic) bond motifs is 3.